The fraction of sp³-hybridized carbons (Fsp3) is 0.519. The Morgan fingerprint density at radius 2 is 1.92 bits per heavy atom. The zero-order chi connectivity index (χ0) is 27.9. The number of allylic oxidation sites excluding steroid dienone is 1. The topological polar surface area (TPSA) is 78.5 Å². The maximum absolute atomic E-state index is 14.9. The van der Waals surface area contributed by atoms with Gasteiger partial charge in [-0.25, -0.2) is 0 Å². The second-order valence-corrected chi connectivity index (χ2v) is 10.6. The van der Waals surface area contributed by atoms with Crippen molar-refractivity contribution in [1.82, 2.24) is 15.5 Å². The van der Waals surface area contributed by atoms with Gasteiger partial charge in [0, 0.05) is 25.1 Å². The molecule has 2 saturated heterocycles. The third kappa shape index (κ3) is 5.67. The van der Waals surface area contributed by atoms with Crippen molar-refractivity contribution in [3.63, 3.8) is 0 Å². The van der Waals surface area contributed by atoms with E-state index < -0.39 is 35.2 Å². The maximum Gasteiger partial charge on any atom is 0.416 e. The van der Waals surface area contributed by atoms with Gasteiger partial charge in [-0.05, 0) is 61.8 Å². The summed E-state index contributed by atoms with van der Waals surface area (Å²) < 4.78 is 70.1. The van der Waals surface area contributed by atoms with Gasteiger partial charge in [0.1, 0.15) is 0 Å². The predicted octanol–water partition coefficient (Wildman–Crippen LogP) is 4.39. The van der Waals surface area contributed by atoms with Crippen LogP contribution < -0.4 is 10.6 Å². The highest BCUT2D eigenvalue weighted by atomic mass is 19.4. The van der Waals surface area contributed by atoms with E-state index in [4.69, 9.17) is 0 Å². The van der Waals surface area contributed by atoms with Crippen LogP contribution >= 0.6 is 0 Å². The molecule has 3 amide bonds. The van der Waals surface area contributed by atoms with Gasteiger partial charge in [-0.15, -0.1) is 0 Å². The van der Waals surface area contributed by atoms with Crippen LogP contribution in [0.4, 0.5) is 22.0 Å². The van der Waals surface area contributed by atoms with Gasteiger partial charge in [0.2, 0.25) is 11.8 Å². The maximum atomic E-state index is 14.9. The molecule has 2 aliphatic heterocycles. The summed E-state index contributed by atoms with van der Waals surface area (Å²) in [6.07, 6.45) is 1.56. The molecule has 11 heteroatoms. The van der Waals surface area contributed by atoms with E-state index in [1.807, 2.05) is 17.1 Å². The minimum absolute atomic E-state index is 0.147. The highest BCUT2D eigenvalue weighted by molar-refractivity contribution is 6.00. The van der Waals surface area contributed by atoms with E-state index in [0.29, 0.717) is 43.6 Å². The summed E-state index contributed by atoms with van der Waals surface area (Å²) in [5.74, 6) is -6.83. The van der Waals surface area contributed by atoms with E-state index >= 15 is 0 Å². The van der Waals surface area contributed by atoms with E-state index in [2.05, 4.69) is 17.6 Å². The van der Waals surface area contributed by atoms with Crippen molar-refractivity contribution in [2.24, 2.45) is 5.41 Å². The second-order valence-electron chi connectivity index (χ2n) is 10.6. The van der Waals surface area contributed by atoms with Crippen molar-refractivity contribution in [2.75, 3.05) is 19.6 Å². The Kier molecular flexibility index (Phi) is 7.53. The highest BCUT2D eigenvalue weighted by Gasteiger charge is 2.48. The number of carbonyl (C=O) groups excluding carboxylic acids is 3. The summed E-state index contributed by atoms with van der Waals surface area (Å²) in [6.45, 7) is 4.27. The molecular formula is C27H30F5N3O3. The number of hydrogen-bond acceptors (Lipinski definition) is 4. The number of piperidine rings is 1. The molecule has 2 atom stereocenters. The number of hydrogen-bond donors (Lipinski definition) is 2. The van der Waals surface area contributed by atoms with Crippen molar-refractivity contribution < 1.29 is 36.3 Å². The monoisotopic (exact) mass is 539 g/mol. The normalized spacial score (nSPS) is 25.1. The Morgan fingerprint density at radius 1 is 1.18 bits per heavy atom. The first kappa shape index (κ1) is 27.9. The quantitative estimate of drug-likeness (QED) is 0.430. The standard InChI is InChI=1S/C27H30F5N3O3/c1-16-4-5-19(20(12-16)27(30,31)32)26(28,29)24(38)33-14-17-8-10-25(2)9-3-11-35(15-18(25)13-17)21-6-7-22(36)34-23(21)37/h4-5,8,12-13,21H,3,6-7,9-11,14-15H2,1-2H3,(H,33,38)(H,34,36,37). The second kappa shape index (κ2) is 10.2. The van der Waals surface area contributed by atoms with E-state index in [9.17, 15) is 36.3 Å². The van der Waals surface area contributed by atoms with E-state index in [0.717, 1.165) is 24.5 Å². The number of imide groups is 1. The van der Waals surface area contributed by atoms with Crippen molar-refractivity contribution in [2.45, 2.75) is 64.1 Å². The smallest absolute Gasteiger partial charge is 0.346 e. The molecule has 2 unspecified atom stereocenters. The molecule has 0 bridgehead atoms. The summed E-state index contributed by atoms with van der Waals surface area (Å²) in [5, 5.41) is 4.48. The van der Waals surface area contributed by atoms with Gasteiger partial charge in [-0.1, -0.05) is 36.8 Å². The van der Waals surface area contributed by atoms with Gasteiger partial charge >= 0.3 is 12.1 Å². The molecule has 0 aromatic heterocycles. The van der Waals surface area contributed by atoms with Gasteiger partial charge in [0.25, 0.3) is 5.91 Å². The zero-order valence-electron chi connectivity index (χ0n) is 21.2. The van der Waals surface area contributed by atoms with Gasteiger partial charge < -0.3 is 5.32 Å². The average Bonchev–Trinajstić information content (AvgIpc) is 3.00. The summed E-state index contributed by atoms with van der Waals surface area (Å²) in [5.41, 5.74) is -1.45. The molecule has 3 aliphatic rings. The van der Waals surface area contributed by atoms with Crippen molar-refractivity contribution >= 4 is 17.7 Å². The summed E-state index contributed by atoms with van der Waals surface area (Å²) in [7, 11) is 0. The van der Waals surface area contributed by atoms with Crippen molar-refractivity contribution in [1.29, 1.82) is 0 Å². The predicted molar refractivity (Wildman–Crippen MR) is 129 cm³/mol. The van der Waals surface area contributed by atoms with Crippen LogP contribution in [0.2, 0.25) is 0 Å². The average molecular weight is 540 g/mol. The first-order valence-electron chi connectivity index (χ1n) is 12.5. The number of fused-ring (bicyclic) bond motifs is 1. The Balaban J connectivity index is 1.48. The summed E-state index contributed by atoms with van der Waals surface area (Å²) in [4.78, 5) is 38.4. The first-order chi connectivity index (χ1) is 17.7. The molecule has 0 radical (unpaired) electrons. The molecule has 206 valence electrons. The van der Waals surface area contributed by atoms with Gasteiger partial charge in [0.15, 0.2) is 0 Å². The lowest BCUT2D eigenvalue weighted by molar-refractivity contribution is -0.152. The Labute approximate surface area is 217 Å². The minimum atomic E-state index is -5.04. The molecular weight excluding hydrogens is 509 g/mol. The van der Waals surface area contributed by atoms with Gasteiger partial charge in [0.05, 0.1) is 11.6 Å². The minimum Gasteiger partial charge on any atom is -0.346 e. The summed E-state index contributed by atoms with van der Waals surface area (Å²) >= 11 is 0. The number of halogens is 5. The molecule has 1 aromatic carbocycles. The van der Waals surface area contributed by atoms with Crippen LogP contribution in [0.25, 0.3) is 0 Å². The first-order valence-corrected chi connectivity index (χ1v) is 12.5. The van der Waals surface area contributed by atoms with E-state index in [1.54, 1.807) is 0 Å². The number of aryl methyl sites for hydroxylation is 1. The lowest BCUT2D eigenvalue weighted by Crippen LogP contribution is -2.53. The number of amides is 3. The fourth-order valence-corrected chi connectivity index (χ4v) is 5.42. The third-order valence-electron chi connectivity index (χ3n) is 7.70. The molecule has 1 aliphatic carbocycles. The Morgan fingerprint density at radius 3 is 2.61 bits per heavy atom. The van der Waals surface area contributed by atoms with Crippen molar-refractivity contribution in [3.05, 3.63) is 58.2 Å². The van der Waals surface area contributed by atoms with Crippen LogP contribution in [0.1, 0.15) is 55.7 Å². The number of likely N-dealkylation sites (tertiary alicyclic amines) is 1. The number of rotatable bonds is 5. The van der Waals surface area contributed by atoms with Gasteiger partial charge in [-0.2, -0.15) is 22.0 Å². The SMILES string of the molecule is Cc1ccc(C(F)(F)C(=O)NCC2=CCC3(C)CCCN(C4CCC(=O)NC4=O)CC3=C2)c(C(F)(F)F)c1. The van der Waals surface area contributed by atoms with Crippen LogP contribution in [-0.4, -0.2) is 48.3 Å². The van der Waals surface area contributed by atoms with Crippen LogP contribution in [0.3, 0.4) is 0 Å². The Bertz CT molecular complexity index is 1210. The van der Waals surface area contributed by atoms with E-state index in [-0.39, 0.29) is 35.8 Å². The van der Waals surface area contributed by atoms with Crippen LogP contribution in [0.15, 0.2) is 41.5 Å². The van der Waals surface area contributed by atoms with Crippen molar-refractivity contribution in [3.8, 4) is 0 Å². The van der Waals surface area contributed by atoms with Crippen LogP contribution in [0.5, 0.6) is 0 Å². The molecule has 6 nitrogen and oxygen atoms in total. The number of nitrogens with one attached hydrogen (secondary N) is 2. The third-order valence-corrected chi connectivity index (χ3v) is 7.70. The van der Waals surface area contributed by atoms with Crippen LogP contribution in [-0.2, 0) is 26.5 Å². The van der Waals surface area contributed by atoms with E-state index in [1.165, 1.54) is 6.92 Å². The van der Waals surface area contributed by atoms with Crippen LogP contribution in [0, 0.1) is 12.3 Å². The zero-order valence-corrected chi connectivity index (χ0v) is 21.2. The number of nitrogens with zero attached hydrogens (tertiary/aromatic N) is 1. The number of alkyl halides is 5. The molecule has 2 heterocycles. The molecule has 4 rings (SSSR count). The van der Waals surface area contributed by atoms with Gasteiger partial charge in [-0.3, -0.25) is 24.6 Å². The molecule has 0 spiro atoms. The molecule has 2 N–H and O–H groups in total. The number of benzene rings is 1. The largest absolute Gasteiger partial charge is 0.416 e. The Hall–Kier alpha value is -3.08. The summed E-state index contributed by atoms with van der Waals surface area (Å²) in [6, 6.07) is 1.91. The fourth-order valence-electron chi connectivity index (χ4n) is 5.42. The highest BCUT2D eigenvalue weighted by Crippen LogP contribution is 2.43. The molecule has 1 aromatic rings. The molecule has 2 fully saturated rings. The molecule has 38 heavy (non-hydrogen) atoms. The number of carbonyl (C=O) groups is 3. The lowest BCUT2D eigenvalue weighted by Gasteiger charge is -2.36. The lowest BCUT2D eigenvalue weighted by atomic mass is 9.72. The molecule has 0 saturated carbocycles.